The van der Waals surface area contributed by atoms with E-state index in [1.54, 1.807) is 39.5 Å². The monoisotopic (exact) mass is 370 g/mol. The van der Waals surface area contributed by atoms with Crippen molar-refractivity contribution in [2.24, 2.45) is 0 Å². The van der Waals surface area contributed by atoms with E-state index in [2.05, 4.69) is 16.3 Å². The summed E-state index contributed by atoms with van der Waals surface area (Å²) in [4.78, 5) is 14.8. The average molecular weight is 370 g/mol. The van der Waals surface area contributed by atoms with Gasteiger partial charge in [0.1, 0.15) is 17.2 Å². The minimum atomic E-state index is -0.0618. The molecule has 0 spiro atoms. The SMILES string of the molecule is COc1cccc(C2CCCN2CC(=O)Nc2ccc(OC)cc2OC)c1. The lowest BCUT2D eigenvalue weighted by Crippen LogP contribution is -2.33. The zero-order chi connectivity index (χ0) is 19.2. The second kappa shape index (κ2) is 8.77. The van der Waals surface area contributed by atoms with Crippen LogP contribution >= 0.6 is 0 Å². The molecule has 1 aliphatic heterocycles. The van der Waals surface area contributed by atoms with Gasteiger partial charge in [0.25, 0.3) is 0 Å². The molecule has 0 bridgehead atoms. The van der Waals surface area contributed by atoms with Gasteiger partial charge in [0.05, 0.1) is 33.6 Å². The van der Waals surface area contributed by atoms with Crippen LogP contribution in [0, 0.1) is 0 Å². The number of likely N-dealkylation sites (tertiary alicyclic amines) is 1. The lowest BCUT2D eigenvalue weighted by molar-refractivity contribution is -0.117. The highest BCUT2D eigenvalue weighted by Gasteiger charge is 2.28. The van der Waals surface area contributed by atoms with Gasteiger partial charge in [-0.15, -0.1) is 0 Å². The molecule has 144 valence electrons. The number of carbonyl (C=O) groups is 1. The fraction of sp³-hybridized carbons (Fsp3) is 0.381. The Labute approximate surface area is 160 Å². The number of rotatable bonds is 7. The molecule has 2 aromatic carbocycles. The van der Waals surface area contributed by atoms with Gasteiger partial charge in [-0.2, -0.15) is 0 Å². The van der Waals surface area contributed by atoms with Crippen molar-refractivity contribution in [3.05, 3.63) is 48.0 Å². The van der Waals surface area contributed by atoms with Gasteiger partial charge in [0.2, 0.25) is 5.91 Å². The summed E-state index contributed by atoms with van der Waals surface area (Å²) in [6.07, 6.45) is 2.10. The van der Waals surface area contributed by atoms with Gasteiger partial charge in [-0.05, 0) is 49.2 Å². The van der Waals surface area contributed by atoms with Gasteiger partial charge in [0, 0.05) is 12.1 Å². The number of hydrogen-bond acceptors (Lipinski definition) is 5. The molecule has 1 saturated heterocycles. The summed E-state index contributed by atoms with van der Waals surface area (Å²) in [6.45, 7) is 1.23. The number of hydrogen-bond donors (Lipinski definition) is 1. The standard InChI is InChI=1S/C21H26N2O4/c1-25-16-7-4-6-15(12-16)19-8-5-11-23(19)14-21(24)22-18-10-9-17(26-2)13-20(18)27-3/h4,6-7,9-10,12-13,19H,5,8,11,14H2,1-3H3,(H,22,24). The summed E-state index contributed by atoms with van der Waals surface area (Å²) in [5, 5.41) is 2.95. The molecule has 1 amide bonds. The van der Waals surface area contributed by atoms with E-state index < -0.39 is 0 Å². The highest BCUT2D eigenvalue weighted by atomic mass is 16.5. The second-order valence-electron chi connectivity index (χ2n) is 6.52. The molecule has 0 aliphatic carbocycles. The molecule has 1 fully saturated rings. The minimum absolute atomic E-state index is 0.0618. The Balaban J connectivity index is 1.68. The van der Waals surface area contributed by atoms with E-state index in [0.717, 1.165) is 25.1 Å². The topological polar surface area (TPSA) is 60.0 Å². The molecule has 6 heteroatoms. The van der Waals surface area contributed by atoms with Crippen LogP contribution in [0.25, 0.3) is 0 Å². The van der Waals surface area contributed by atoms with E-state index in [9.17, 15) is 4.79 Å². The van der Waals surface area contributed by atoms with E-state index in [1.807, 2.05) is 18.2 Å². The lowest BCUT2D eigenvalue weighted by Gasteiger charge is -2.24. The third kappa shape index (κ3) is 4.52. The number of methoxy groups -OCH3 is 3. The number of nitrogens with zero attached hydrogens (tertiary/aromatic N) is 1. The van der Waals surface area contributed by atoms with Crippen LogP contribution in [0.3, 0.4) is 0 Å². The molecule has 1 N–H and O–H groups in total. The lowest BCUT2D eigenvalue weighted by atomic mass is 10.0. The smallest absolute Gasteiger partial charge is 0.238 e. The zero-order valence-corrected chi connectivity index (χ0v) is 16.0. The number of nitrogens with one attached hydrogen (secondary N) is 1. The molecule has 27 heavy (non-hydrogen) atoms. The van der Waals surface area contributed by atoms with Gasteiger partial charge in [-0.1, -0.05) is 12.1 Å². The highest BCUT2D eigenvalue weighted by Crippen LogP contribution is 2.33. The third-order valence-corrected chi connectivity index (χ3v) is 4.87. The van der Waals surface area contributed by atoms with E-state index >= 15 is 0 Å². The largest absolute Gasteiger partial charge is 0.497 e. The van der Waals surface area contributed by atoms with Gasteiger partial charge in [-0.3, -0.25) is 9.69 Å². The van der Waals surface area contributed by atoms with E-state index in [1.165, 1.54) is 5.56 Å². The zero-order valence-electron chi connectivity index (χ0n) is 16.0. The fourth-order valence-electron chi connectivity index (χ4n) is 3.52. The second-order valence-corrected chi connectivity index (χ2v) is 6.52. The molecule has 1 aliphatic rings. The molecule has 2 aromatic rings. The molecule has 1 unspecified atom stereocenters. The van der Waals surface area contributed by atoms with Crippen molar-refractivity contribution < 1.29 is 19.0 Å². The van der Waals surface area contributed by atoms with Gasteiger partial charge < -0.3 is 19.5 Å². The first-order valence-corrected chi connectivity index (χ1v) is 9.04. The molecule has 6 nitrogen and oxygen atoms in total. The van der Waals surface area contributed by atoms with Crippen LogP contribution < -0.4 is 19.5 Å². The predicted octanol–water partition coefficient (Wildman–Crippen LogP) is 3.49. The van der Waals surface area contributed by atoms with E-state index in [0.29, 0.717) is 23.7 Å². The molecule has 0 saturated carbocycles. The first-order chi connectivity index (χ1) is 13.1. The van der Waals surface area contributed by atoms with Crippen LogP contribution in [0.2, 0.25) is 0 Å². The van der Waals surface area contributed by atoms with Gasteiger partial charge in [0.15, 0.2) is 0 Å². The minimum Gasteiger partial charge on any atom is -0.497 e. The molecular formula is C21H26N2O4. The highest BCUT2D eigenvalue weighted by molar-refractivity contribution is 5.93. The summed E-state index contributed by atoms with van der Waals surface area (Å²) >= 11 is 0. The summed E-state index contributed by atoms with van der Waals surface area (Å²) in [6, 6.07) is 13.6. The number of ether oxygens (including phenoxy) is 3. The maximum absolute atomic E-state index is 12.6. The molecule has 1 atom stereocenters. The van der Waals surface area contributed by atoms with Crippen molar-refractivity contribution >= 4 is 11.6 Å². The maximum atomic E-state index is 12.6. The van der Waals surface area contributed by atoms with Crippen LogP contribution in [0.1, 0.15) is 24.4 Å². The number of anilines is 1. The number of amides is 1. The first-order valence-electron chi connectivity index (χ1n) is 9.04. The quantitative estimate of drug-likeness (QED) is 0.808. The van der Waals surface area contributed by atoms with E-state index in [4.69, 9.17) is 14.2 Å². The average Bonchev–Trinajstić information content (AvgIpc) is 3.16. The number of carbonyl (C=O) groups excluding carboxylic acids is 1. The van der Waals surface area contributed by atoms with Crippen molar-refractivity contribution in [2.75, 3.05) is 39.7 Å². The van der Waals surface area contributed by atoms with Crippen LogP contribution in [0.15, 0.2) is 42.5 Å². The Morgan fingerprint density at radius 1 is 1.07 bits per heavy atom. The molecule has 3 rings (SSSR count). The predicted molar refractivity (Wildman–Crippen MR) is 105 cm³/mol. The van der Waals surface area contributed by atoms with Gasteiger partial charge >= 0.3 is 0 Å². The molecule has 0 aromatic heterocycles. The summed E-state index contributed by atoms with van der Waals surface area (Å²) in [5.74, 6) is 2.04. The van der Waals surface area contributed by atoms with Crippen LogP contribution in [0.4, 0.5) is 5.69 Å². The Kier molecular flexibility index (Phi) is 6.19. The van der Waals surface area contributed by atoms with E-state index in [-0.39, 0.29) is 11.9 Å². The third-order valence-electron chi connectivity index (χ3n) is 4.87. The van der Waals surface area contributed by atoms with Crippen molar-refractivity contribution in [3.8, 4) is 17.2 Å². The molecule has 0 radical (unpaired) electrons. The van der Waals surface area contributed by atoms with Gasteiger partial charge in [-0.25, -0.2) is 0 Å². The van der Waals surface area contributed by atoms with Crippen molar-refractivity contribution in [1.82, 2.24) is 4.90 Å². The Hall–Kier alpha value is -2.73. The summed E-state index contributed by atoms with van der Waals surface area (Å²) < 4.78 is 15.9. The first kappa shape index (κ1) is 19.0. The van der Waals surface area contributed by atoms with Crippen LogP contribution in [-0.2, 0) is 4.79 Å². The molecular weight excluding hydrogens is 344 g/mol. The fourth-order valence-corrected chi connectivity index (χ4v) is 3.52. The van der Waals surface area contributed by atoms with Crippen molar-refractivity contribution in [1.29, 1.82) is 0 Å². The maximum Gasteiger partial charge on any atom is 0.238 e. The Morgan fingerprint density at radius 3 is 2.59 bits per heavy atom. The normalized spacial score (nSPS) is 16.8. The van der Waals surface area contributed by atoms with Crippen LogP contribution in [-0.4, -0.2) is 45.2 Å². The van der Waals surface area contributed by atoms with Crippen molar-refractivity contribution in [3.63, 3.8) is 0 Å². The summed E-state index contributed by atoms with van der Waals surface area (Å²) in [5.41, 5.74) is 1.82. The Morgan fingerprint density at radius 2 is 1.85 bits per heavy atom. The molecule has 1 heterocycles. The Bertz CT molecular complexity index is 794. The van der Waals surface area contributed by atoms with Crippen molar-refractivity contribution in [2.45, 2.75) is 18.9 Å². The summed E-state index contributed by atoms with van der Waals surface area (Å²) in [7, 11) is 4.84. The van der Waals surface area contributed by atoms with Crippen LogP contribution in [0.5, 0.6) is 17.2 Å². The number of benzene rings is 2.